The molecule has 1 rings (SSSR count). The third-order valence-electron chi connectivity index (χ3n) is 1.23. The predicted molar refractivity (Wildman–Crippen MR) is 44.2 cm³/mol. The summed E-state index contributed by atoms with van der Waals surface area (Å²) in [5.41, 5.74) is 0.494. The molecule has 70 valence electrons. The first-order chi connectivity index (χ1) is 6.18. The van der Waals surface area contributed by atoms with Gasteiger partial charge in [-0.2, -0.15) is 0 Å². The number of hydrogen-bond acceptors (Lipinski definition) is 5. The normalized spacial score (nSPS) is 17.2. The molecule has 5 nitrogen and oxygen atoms in total. The van der Waals surface area contributed by atoms with Crippen LogP contribution in [0.2, 0.25) is 0 Å². The molecule has 0 aliphatic carbocycles. The Morgan fingerprint density at radius 3 is 3.08 bits per heavy atom. The van der Waals surface area contributed by atoms with E-state index < -0.39 is 5.97 Å². The zero-order chi connectivity index (χ0) is 9.68. The van der Waals surface area contributed by atoms with Gasteiger partial charge in [0.25, 0.3) is 0 Å². The standard InChI is InChI=1S/C8H9NO4/c1-6(10)3-13-8(11)2-7-4-12-5-9-7/h2,5H,3-4H2,1H3/b7-2+. The number of Topliss-reactive ketones (excluding diaryl/α,β-unsaturated/α-hetero) is 1. The number of ketones is 1. The van der Waals surface area contributed by atoms with E-state index in [1.807, 2.05) is 0 Å². The van der Waals surface area contributed by atoms with Gasteiger partial charge in [-0.15, -0.1) is 0 Å². The van der Waals surface area contributed by atoms with E-state index in [2.05, 4.69) is 9.73 Å². The van der Waals surface area contributed by atoms with E-state index in [1.54, 1.807) is 0 Å². The van der Waals surface area contributed by atoms with Gasteiger partial charge in [-0.05, 0) is 6.92 Å². The fourth-order valence-corrected chi connectivity index (χ4v) is 0.694. The molecule has 0 spiro atoms. The largest absolute Gasteiger partial charge is 0.477 e. The van der Waals surface area contributed by atoms with Gasteiger partial charge in [0.1, 0.15) is 13.2 Å². The van der Waals surface area contributed by atoms with Crippen LogP contribution in [0.25, 0.3) is 0 Å². The Morgan fingerprint density at radius 1 is 1.77 bits per heavy atom. The number of ether oxygens (including phenoxy) is 2. The Balaban J connectivity index is 2.36. The van der Waals surface area contributed by atoms with E-state index in [0.717, 1.165) is 0 Å². The molecule has 0 saturated carbocycles. The summed E-state index contributed by atoms with van der Waals surface area (Å²) >= 11 is 0. The first-order valence-corrected chi connectivity index (χ1v) is 3.69. The molecule has 5 heteroatoms. The minimum absolute atomic E-state index is 0.196. The van der Waals surface area contributed by atoms with Gasteiger partial charge in [-0.25, -0.2) is 9.79 Å². The molecule has 0 unspecified atom stereocenters. The van der Waals surface area contributed by atoms with E-state index in [0.29, 0.717) is 5.70 Å². The van der Waals surface area contributed by atoms with Gasteiger partial charge in [0, 0.05) is 6.08 Å². The van der Waals surface area contributed by atoms with Crippen molar-refractivity contribution in [3.05, 3.63) is 11.8 Å². The van der Waals surface area contributed by atoms with Gasteiger partial charge >= 0.3 is 5.97 Å². The number of rotatable bonds is 3. The van der Waals surface area contributed by atoms with E-state index in [1.165, 1.54) is 19.4 Å². The maximum Gasteiger partial charge on any atom is 0.333 e. The van der Waals surface area contributed by atoms with Crippen LogP contribution in [0, 0.1) is 0 Å². The molecule has 0 fully saturated rings. The zero-order valence-corrected chi connectivity index (χ0v) is 7.15. The Hall–Kier alpha value is -1.65. The Bertz CT molecular complexity index is 280. The molecule has 1 aliphatic heterocycles. The molecular weight excluding hydrogens is 174 g/mol. The second-order valence-corrected chi connectivity index (χ2v) is 2.49. The lowest BCUT2D eigenvalue weighted by Crippen LogP contribution is -2.09. The molecule has 0 atom stereocenters. The lowest BCUT2D eigenvalue weighted by molar-refractivity contribution is -0.142. The summed E-state index contributed by atoms with van der Waals surface area (Å²) in [6.07, 6.45) is 2.45. The number of nitrogens with zero attached hydrogens (tertiary/aromatic N) is 1. The third-order valence-corrected chi connectivity index (χ3v) is 1.23. The molecule has 0 radical (unpaired) electrons. The highest BCUT2D eigenvalue weighted by molar-refractivity contribution is 5.86. The molecule has 0 bridgehead atoms. The topological polar surface area (TPSA) is 65.0 Å². The molecule has 0 aromatic carbocycles. The predicted octanol–water partition coefficient (Wildman–Crippen LogP) is 0.0610. The van der Waals surface area contributed by atoms with E-state index in [4.69, 9.17) is 4.74 Å². The highest BCUT2D eigenvalue weighted by atomic mass is 16.5. The lowest BCUT2D eigenvalue weighted by atomic mass is 10.4. The minimum atomic E-state index is -0.576. The van der Waals surface area contributed by atoms with Crippen molar-refractivity contribution < 1.29 is 19.1 Å². The quantitative estimate of drug-likeness (QED) is 0.458. The molecule has 1 aliphatic rings. The average Bonchev–Trinajstić information content (AvgIpc) is 2.53. The van der Waals surface area contributed by atoms with Crippen molar-refractivity contribution in [1.29, 1.82) is 0 Å². The summed E-state index contributed by atoms with van der Waals surface area (Å²) in [6.45, 7) is 1.42. The van der Waals surface area contributed by atoms with Crippen LogP contribution in [0.3, 0.4) is 0 Å². The van der Waals surface area contributed by atoms with Crippen molar-refractivity contribution in [3.8, 4) is 0 Å². The van der Waals surface area contributed by atoms with Crippen molar-refractivity contribution in [2.75, 3.05) is 13.2 Å². The number of carbonyl (C=O) groups is 2. The SMILES string of the molecule is CC(=O)COC(=O)/C=C1\COC=N1. The van der Waals surface area contributed by atoms with Crippen LogP contribution in [0.4, 0.5) is 0 Å². The molecule has 0 aromatic rings. The fourth-order valence-electron chi connectivity index (χ4n) is 0.694. The first-order valence-electron chi connectivity index (χ1n) is 3.69. The highest BCUT2D eigenvalue weighted by Crippen LogP contribution is 2.03. The van der Waals surface area contributed by atoms with E-state index in [-0.39, 0.29) is 19.0 Å². The lowest BCUT2D eigenvalue weighted by Gasteiger charge is -1.97. The van der Waals surface area contributed by atoms with Crippen LogP contribution < -0.4 is 0 Å². The molecule has 1 heterocycles. The molecule has 0 aromatic heterocycles. The number of carbonyl (C=O) groups excluding carboxylic acids is 2. The second kappa shape index (κ2) is 4.39. The Morgan fingerprint density at radius 2 is 2.54 bits per heavy atom. The van der Waals surface area contributed by atoms with Crippen LogP contribution in [0.5, 0.6) is 0 Å². The van der Waals surface area contributed by atoms with Gasteiger partial charge in [0.05, 0.1) is 5.70 Å². The van der Waals surface area contributed by atoms with Crippen LogP contribution >= 0.6 is 0 Å². The van der Waals surface area contributed by atoms with Crippen molar-refractivity contribution in [2.24, 2.45) is 4.99 Å². The first kappa shape index (κ1) is 9.44. The van der Waals surface area contributed by atoms with Crippen molar-refractivity contribution in [2.45, 2.75) is 6.92 Å². The number of esters is 1. The van der Waals surface area contributed by atoms with Crippen molar-refractivity contribution in [1.82, 2.24) is 0 Å². The zero-order valence-electron chi connectivity index (χ0n) is 7.15. The van der Waals surface area contributed by atoms with Gasteiger partial charge in [-0.1, -0.05) is 0 Å². The molecule has 0 amide bonds. The van der Waals surface area contributed by atoms with Gasteiger partial charge in [0.2, 0.25) is 0 Å². The van der Waals surface area contributed by atoms with Crippen molar-refractivity contribution >= 4 is 18.2 Å². The van der Waals surface area contributed by atoms with Crippen LogP contribution in [0.1, 0.15) is 6.92 Å². The molecular formula is C8H9NO4. The summed E-state index contributed by atoms with van der Waals surface area (Å²) in [5.74, 6) is -0.772. The van der Waals surface area contributed by atoms with Crippen LogP contribution in [-0.2, 0) is 19.1 Å². The third kappa shape index (κ3) is 3.50. The maximum absolute atomic E-state index is 10.9. The summed E-state index contributed by atoms with van der Waals surface area (Å²) in [4.78, 5) is 25.1. The molecule has 0 saturated heterocycles. The van der Waals surface area contributed by atoms with Crippen LogP contribution in [-0.4, -0.2) is 31.4 Å². The summed E-state index contributed by atoms with van der Waals surface area (Å²) in [7, 11) is 0. The Kier molecular flexibility index (Phi) is 3.19. The minimum Gasteiger partial charge on any atom is -0.477 e. The van der Waals surface area contributed by atoms with Crippen LogP contribution in [0.15, 0.2) is 16.8 Å². The fraction of sp³-hybridized carbons (Fsp3) is 0.375. The van der Waals surface area contributed by atoms with Gasteiger partial charge in [0.15, 0.2) is 12.2 Å². The van der Waals surface area contributed by atoms with E-state index >= 15 is 0 Å². The summed E-state index contributed by atoms with van der Waals surface area (Å²) in [5, 5.41) is 0. The molecule has 0 N–H and O–H groups in total. The Labute approximate surface area is 75.0 Å². The summed E-state index contributed by atoms with van der Waals surface area (Å²) < 4.78 is 9.32. The van der Waals surface area contributed by atoms with Crippen molar-refractivity contribution in [3.63, 3.8) is 0 Å². The number of hydrogen-bond donors (Lipinski definition) is 0. The second-order valence-electron chi connectivity index (χ2n) is 2.49. The summed E-state index contributed by atoms with van der Waals surface area (Å²) in [6, 6.07) is 0. The maximum atomic E-state index is 10.9. The smallest absolute Gasteiger partial charge is 0.333 e. The number of aliphatic imine (C=N–C) groups is 1. The van der Waals surface area contributed by atoms with E-state index in [9.17, 15) is 9.59 Å². The highest BCUT2D eigenvalue weighted by Gasteiger charge is 2.06. The van der Waals surface area contributed by atoms with Gasteiger partial charge < -0.3 is 9.47 Å². The van der Waals surface area contributed by atoms with Gasteiger partial charge in [-0.3, -0.25) is 4.79 Å². The molecule has 13 heavy (non-hydrogen) atoms. The monoisotopic (exact) mass is 183 g/mol. The average molecular weight is 183 g/mol.